The maximum absolute atomic E-state index is 14.9. The molecule has 3 amide bonds. The van der Waals surface area contributed by atoms with Crippen LogP contribution in [-0.2, 0) is 19.1 Å². The molecule has 2 aromatic carbocycles. The molecule has 1 spiro atoms. The van der Waals surface area contributed by atoms with Crippen LogP contribution in [0.4, 0.5) is 11.4 Å². The molecule has 46 heavy (non-hydrogen) atoms. The third kappa shape index (κ3) is 4.89. The number of amides is 3. The fourth-order valence-electron chi connectivity index (χ4n) is 7.75. The first-order valence-electron chi connectivity index (χ1n) is 16.1. The Morgan fingerprint density at radius 2 is 1.46 bits per heavy atom. The number of benzene rings is 2. The topological polar surface area (TPSA) is 109 Å². The lowest BCUT2D eigenvalue weighted by molar-refractivity contribution is -0.149. The molecule has 2 aromatic rings. The number of rotatable bonds is 9. The van der Waals surface area contributed by atoms with E-state index in [9.17, 15) is 19.5 Å². The highest BCUT2D eigenvalue weighted by molar-refractivity contribution is 6.07. The highest BCUT2D eigenvalue weighted by Gasteiger charge is 2.75. The molecule has 244 valence electrons. The predicted molar refractivity (Wildman–Crippen MR) is 174 cm³/mol. The first-order valence-corrected chi connectivity index (χ1v) is 16.1. The van der Waals surface area contributed by atoms with E-state index in [1.54, 1.807) is 41.2 Å². The maximum atomic E-state index is 14.9. The quantitative estimate of drug-likeness (QED) is 0.418. The molecule has 0 aromatic heterocycles. The molecule has 0 bridgehead atoms. The lowest BCUT2D eigenvalue weighted by Gasteiger charge is -2.41. The molecule has 0 saturated carbocycles. The van der Waals surface area contributed by atoms with E-state index in [1.807, 2.05) is 76.3 Å². The summed E-state index contributed by atoms with van der Waals surface area (Å²) >= 11 is 0. The summed E-state index contributed by atoms with van der Waals surface area (Å²) in [6.45, 7) is 8.45. The van der Waals surface area contributed by atoms with E-state index >= 15 is 0 Å². The summed E-state index contributed by atoms with van der Waals surface area (Å²) < 4.78 is 17.9. The minimum absolute atomic E-state index is 0.115. The Balaban J connectivity index is 1.46. The Labute approximate surface area is 270 Å². The molecular formula is C36H43N3O7. The van der Waals surface area contributed by atoms with Gasteiger partial charge in [0.2, 0.25) is 11.8 Å². The fraction of sp³-hybridized carbons (Fsp3) is 0.472. The van der Waals surface area contributed by atoms with E-state index in [0.29, 0.717) is 42.4 Å². The van der Waals surface area contributed by atoms with Gasteiger partial charge in [0.25, 0.3) is 5.91 Å². The van der Waals surface area contributed by atoms with E-state index in [2.05, 4.69) is 0 Å². The van der Waals surface area contributed by atoms with Gasteiger partial charge < -0.3 is 34.0 Å². The Morgan fingerprint density at radius 1 is 0.870 bits per heavy atom. The van der Waals surface area contributed by atoms with Crippen LogP contribution in [0, 0.1) is 17.8 Å². The minimum atomic E-state index is -1.43. The van der Waals surface area contributed by atoms with Gasteiger partial charge in [-0.1, -0.05) is 44.6 Å². The van der Waals surface area contributed by atoms with Gasteiger partial charge in [-0.25, -0.2) is 0 Å². The summed E-state index contributed by atoms with van der Waals surface area (Å²) in [4.78, 5) is 49.2. The molecule has 10 heteroatoms. The van der Waals surface area contributed by atoms with Gasteiger partial charge >= 0.3 is 0 Å². The Morgan fingerprint density at radius 3 is 2.02 bits per heavy atom. The fourth-order valence-corrected chi connectivity index (χ4v) is 7.75. The van der Waals surface area contributed by atoms with Gasteiger partial charge in [-0.15, -0.1) is 0 Å². The van der Waals surface area contributed by atoms with Gasteiger partial charge in [-0.2, -0.15) is 0 Å². The van der Waals surface area contributed by atoms with Crippen molar-refractivity contribution >= 4 is 29.1 Å². The van der Waals surface area contributed by atoms with Gasteiger partial charge in [0.1, 0.15) is 23.1 Å². The van der Waals surface area contributed by atoms with Crippen LogP contribution in [0.1, 0.15) is 34.1 Å². The van der Waals surface area contributed by atoms with Gasteiger partial charge in [-0.3, -0.25) is 14.4 Å². The summed E-state index contributed by atoms with van der Waals surface area (Å²) in [5.74, 6) is -1.61. The number of aliphatic hydroxyl groups is 1. The predicted octanol–water partition coefficient (Wildman–Crippen LogP) is 3.98. The van der Waals surface area contributed by atoms with E-state index in [4.69, 9.17) is 14.2 Å². The summed E-state index contributed by atoms with van der Waals surface area (Å²) in [7, 11) is 1.58. The summed E-state index contributed by atoms with van der Waals surface area (Å²) in [5.41, 5.74) is -1.28. The van der Waals surface area contributed by atoms with E-state index < -0.39 is 35.1 Å². The molecule has 4 aliphatic heterocycles. The van der Waals surface area contributed by atoms with Crippen molar-refractivity contribution in [3.8, 4) is 11.5 Å². The number of aliphatic hydroxyl groups excluding tert-OH is 1. The molecular weight excluding hydrogens is 586 g/mol. The molecule has 10 nitrogen and oxygen atoms in total. The number of carbonyl (C=O) groups is 3. The third-order valence-electron chi connectivity index (χ3n) is 10.2. The smallest absolute Gasteiger partial charge is 0.253 e. The van der Waals surface area contributed by atoms with Gasteiger partial charge in [0.05, 0.1) is 43.8 Å². The zero-order chi connectivity index (χ0) is 32.8. The average Bonchev–Trinajstić information content (AvgIpc) is 3.33. The van der Waals surface area contributed by atoms with Crippen LogP contribution < -0.4 is 19.3 Å². The van der Waals surface area contributed by atoms with Crippen molar-refractivity contribution in [2.24, 2.45) is 17.8 Å². The van der Waals surface area contributed by atoms with Gasteiger partial charge in [0.15, 0.2) is 0 Å². The standard InChI is InChI=1S/C36H43N3O7/c1-6-23(3)28(22-40)39-31-34(43)38(25-10-14-26(44-5)15-11-25)21-9-19-36(31)30(33(39)42)29-32(41)37(20-8-18-35(29,4)46-36)24-12-16-27(17-13-24)45-7-2/h8-19,23,28-31,40H,6-7,20-22H2,1-5H3/t23-,28-,29-,30-,31?,35+,36-/m0/s1. The highest BCUT2D eigenvalue weighted by atomic mass is 16.5. The molecule has 4 aliphatic rings. The molecule has 7 atom stereocenters. The summed E-state index contributed by atoms with van der Waals surface area (Å²) in [5, 5.41) is 10.7. The van der Waals surface area contributed by atoms with Crippen LogP contribution in [0.3, 0.4) is 0 Å². The number of carbonyl (C=O) groups excluding carboxylic acids is 3. The lowest BCUT2D eigenvalue weighted by atomic mass is 9.74. The van der Waals surface area contributed by atoms with Crippen molar-refractivity contribution in [2.45, 2.75) is 57.4 Å². The maximum Gasteiger partial charge on any atom is 0.253 e. The largest absolute Gasteiger partial charge is 0.497 e. The van der Waals surface area contributed by atoms with Crippen molar-refractivity contribution in [3.05, 3.63) is 72.8 Å². The first-order chi connectivity index (χ1) is 22.1. The number of fused-ring (bicyclic) bond motifs is 2. The molecule has 0 aliphatic carbocycles. The third-order valence-corrected chi connectivity index (χ3v) is 10.2. The normalized spacial score (nSPS) is 30.0. The molecule has 1 unspecified atom stereocenters. The number of hydrogen-bond acceptors (Lipinski definition) is 7. The number of hydrogen-bond donors (Lipinski definition) is 1. The Bertz CT molecular complexity index is 1540. The van der Waals surface area contributed by atoms with Crippen LogP contribution >= 0.6 is 0 Å². The number of anilines is 2. The second-order valence-electron chi connectivity index (χ2n) is 12.7. The van der Waals surface area contributed by atoms with Gasteiger partial charge in [-0.05, 0) is 68.3 Å². The summed E-state index contributed by atoms with van der Waals surface area (Å²) in [6, 6.07) is 12.8. The number of likely N-dealkylation sites (tertiary alicyclic amines) is 1. The van der Waals surface area contributed by atoms with Crippen LogP contribution in [0.15, 0.2) is 72.8 Å². The highest BCUT2D eigenvalue weighted by Crippen LogP contribution is 2.58. The van der Waals surface area contributed by atoms with E-state index in [1.165, 1.54) is 4.90 Å². The molecule has 2 saturated heterocycles. The Kier molecular flexibility index (Phi) is 8.45. The SMILES string of the molecule is CCOc1ccc(N2CC=C[C@@]3(C)O[C@]45C=CCN(c6ccc(OC)cc6)C(=O)C4N([C@@H](CO)[C@@H](C)CC)C(=O)[C@@H]5[C@H]3C2=O)cc1. The first kappa shape index (κ1) is 31.8. The van der Waals surface area contributed by atoms with Crippen LogP contribution in [0.5, 0.6) is 11.5 Å². The number of nitrogens with zero attached hydrogens (tertiary/aromatic N) is 3. The van der Waals surface area contributed by atoms with Crippen molar-refractivity contribution < 1.29 is 33.7 Å². The lowest BCUT2D eigenvalue weighted by Crippen LogP contribution is -2.60. The zero-order valence-corrected chi connectivity index (χ0v) is 27.1. The Hall–Kier alpha value is -4.15. The number of ether oxygens (including phenoxy) is 3. The van der Waals surface area contributed by atoms with Crippen molar-refractivity contribution in [2.75, 3.05) is 43.2 Å². The van der Waals surface area contributed by atoms with Crippen molar-refractivity contribution in [3.63, 3.8) is 0 Å². The monoisotopic (exact) mass is 629 g/mol. The summed E-state index contributed by atoms with van der Waals surface area (Å²) in [6.07, 6.45) is 8.13. The average molecular weight is 630 g/mol. The second-order valence-corrected chi connectivity index (χ2v) is 12.7. The molecule has 1 N–H and O–H groups in total. The molecule has 2 fully saturated rings. The van der Waals surface area contributed by atoms with E-state index in [0.717, 1.165) is 0 Å². The molecule has 0 radical (unpaired) electrons. The van der Waals surface area contributed by atoms with Crippen molar-refractivity contribution in [1.29, 1.82) is 0 Å². The van der Waals surface area contributed by atoms with E-state index in [-0.39, 0.29) is 36.8 Å². The van der Waals surface area contributed by atoms with Crippen LogP contribution in [-0.4, -0.2) is 84.4 Å². The number of methoxy groups -OCH3 is 1. The second kappa shape index (κ2) is 12.2. The van der Waals surface area contributed by atoms with Crippen LogP contribution in [0.25, 0.3) is 0 Å². The molecule has 4 heterocycles. The minimum Gasteiger partial charge on any atom is -0.497 e. The van der Waals surface area contributed by atoms with Crippen molar-refractivity contribution in [1.82, 2.24) is 4.90 Å². The molecule has 6 rings (SSSR count). The van der Waals surface area contributed by atoms with Crippen LogP contribution in [0.2, 0.25) is 0 Å². The van der Waals surface area contributed by atoms with Gasteiger partial charge in [0, 0.05) is 24.5 Å². The zero-order valence-electron chi connectivity index (χ0n) is 27.1.